The Kier molecular flexibility index (Phi) is 8.10. The highest BCUT2D eigenvalue weighted by molar-refractivity contribution is 7.99. The van der Waals surface area contributed by atoms with Gasteiger partial charge in [0.25, 0.3) is 0 Å². The summed E-state index contributed by atoms with van der Waals surface area (Å²) in [5.74, 6) is 6.37. The van der Waals surface area contributed by atoms with Crippen molar-refractivity contribution >= 4 is 29.1 Å². The van der Waals surface area contributed by atoms with Crippen LogP contribution in [0.5, 0.6) is 0 Å². The summed E-state index contributed by atoms with van der Waals surface area (Å²) >= 11 is 1.47. The SMILES string of the molecule is CCCSc1nc(N)c(N)c(N(N)[C@H]2CCC(O)C2O)n1.Fc1ccc(C2CC2)cc1F. The molecule has 0 radical (unpaired) electrons. The molecule has 11 heteroatoms. The Morgan fingerprint density at radius 2 is 1.81 bits per heavy atom. The second kappa shape index (κ2) is 10.6. The third-order valence-electron chi connectivity index (χ3n) is 5.51. The van der Waals surface area contributed by atoms with Crippen LogP contribution in [-0.2, 0) is 0 Å². The lowest BCUT2D eigenvalue weighted by molar-refractivity contribution is 0.0348. The van der Waals surface area contributed by atoms with Gasteiger partial charge in [-0.2, -0.15) is 0 Å². The van der Waals surface area contributed by atoms with Gasteiger partial charge in [0, 0.05) is 5.75 Å². The van der Waals surface area contributed by atoms with Crippen molar-refractivity contribution in [3.05, 3.63) is 35.4 Å². The lowest BCUT2D eigenvalue weighted by atomic mass is 10.1. The van der Waals surface area contributed by atoms with Crippen molar-refractivity contribution in [2.75, 3.05) is 22.2 Å². The number of halogens is 2. The first-order valence-electron chi connectivity index (χ1n) is 10.6. The van der Waals surface area contributed by atoms with E-state index >= 15 is 0 Å². The Bertz CT molecular complexity index is 933. The molecule has 2 aliphatic rings. The van der Waals surface area contributed by atoms with Gasteiger partial charge in [0.05, 0.1) is 12.1 Å². The highest BCUT2D eigenvalue weighted by Crippen LogP contribution is 2.40. The molecular formula is C21H30F2N6O2S. The molecule has 32 heavy (non-hydrogen) atoms. The molecule has 0 bridgehead atoms. The second-order valence-corrected chi connectivity index (χ2v) is 9.10. The number of thioether (sulfide) groups is 1. The largest absolute Gasteiger partial charge is 0.393 e. The van der Waals surface area contributed by atoms with E-state index in [1.165, 1.54) is 28.9 Å². The molecule has 0 saturated heterocycles. The molecular weight excluding hydrogens is 438 g/mol. The molecule has 0 aliphatic heterocycles. The predicted octanol–water partition coefficient (Wildman–Crippen LogP) is 2.55. The van der Waals surface area contributed by atoms with Crippen molar-refractivity contribution in [1.29, 1.82) is 0 Å². The Labute approximate surface area is 190 Å². The van der Waals surface area contributed by atoms with Crippen molar-refractivity contribution in [2.24, 2.45) is 5.84 Å². The fourth-order valence-corrected chi connectivity index (χ4v) is 4.19. The number of hydrogen-bond donors (Lipinski definition) is 5. The number of hydrazine groups is 1. The number of rotatable bonds is 6. The van der Waals surface area contributed by atoms with Gasteiger partial charge in [0.1, 0.15) is 11.8 Å². The normalized spacial score (nSPS) is 22.4. The summed E-state index contributed by atoms with van der Waals surface area (Å²) in [7, 11) is 0. The standard InChI is InChI=1S/C12H22N6O2S.C9H8F2/c1-2-5-21-12-16-10(14)8(13)11(17-12)18(15)6-3-4-7(19)9(6)20;10-8-4-3-7(5-9(8)11)6-1-2-6/h6-7,9,19-20H,2-5,13,15H2,1H3,(H2,14,16,17);3-6H,1-2H2/t6-,7?,9?;/m0./s1. The van der Waals surface area contributed by atoms with Gasteiger partial charge < -0.3 is 21.7 Å². The van der Waals surface area contributed by atoms with E-state index in [1.54, 1.807) is 6.07 Å². The molecule has 2 unspecified atom stereocenters. The van der Waals surface area contributed by atoms with E-state index in [2.05, 4.69) is 16.9 Å². The molecule has 8 N–H and O–H groups in total. The number of benzene rings is 1. The van der Waals surface area contributed by atoms with Gasteiger partial charge in [-0.3, -0.25) is 5.01 Å². The molecule has 2 saturated carbocycles. The maximum Gasteiger partial charge on any atom is 0.191 e. The molecule has 2 fully saturated rings. The van der Waals surface area contributed by atoms with Gasteiger partial charge in [-0.05, 0) is 55.7 Å². The molecule has 1 heterocycles. The van der Waals surface area contributed by atoms with Crippen LogP contribution in [0.2, 0.25) is 0 Å². The fourth-order valence-electron chi connectivity index (χ4n) is 3.49. The lowest BCUT2D eigenvalue weighted by Gasteiger charge is -2.29. The van der Waals surface area contributed by atoms with Crippen LogP contribution in [0.4, 0.5) is 26.1 Å². The molecule has 3 atom stereocenters. The summed E-state index contributed by atoms with van der Waals surface area (Å²) in [6.07, 6.45) is 2.54. The fraction of sp³-hybridized carbons (Fsp3) is 0.524. The number of nitrogen functional groups attached to an aromatic ring is 2. The summed E-state index contributed by atoms with van der Waals surface area (Å²) in [6.45, 7) is 2.06. The van der Waals surface area contributed by atoms with Crippen LogP contribution in [0.15, 0.2) is 23.4 Å². The first-order chi connectivity index (χ1) is 15.2. The zero-order valence-corrected chi connectivity index (χ0v) is 18.7. The predicted molar refractivity (Wildman–Crippen MR) is 122 cm³/mol. The van der Waals surface area contributed by atoms with Gasteiger partial charge in [0.15, 0.2) is 28.4 Å². The van der Waals surface area contributed by atoms with Crippen LogP contribution in [-0.4, -0.2) is 44.2 Å². The molecule has 0 spiro atoms. The molecule has 2 aromatic rings. The molecule has 2 aliphatic carbocycles. The molecule has 176 valence electrons. The first-order valence-corrected chi connectivity index (χ1v) is 11.6. The summed E-state index contributed by atoms with van der Waals surface area (Å²) in [4.78, 5) is 8.45. The van der Waals surface area contributed by atoms with Crippen molar-refractivity contribution in [3.63, 3.8) is 0 Å². The van der Waals surface area contributed by atoms with Gasteiger partial charge in [-0.1, -0.05) is 24.8 Å². The lowest BCUT2D eigenvalue weighted by Crippen LogP contribution is -2.48. The molecule has 0 amide bonds. The molecule has 1 aromatic heterocycles. The van der Waals surface area contributed by atoms with E-state index in [-0.39, 0.29) is 11.5 Å². The monoisotopic (exact) mass is 468 g/mol. The number of aromatic nitrogens is 2. The summed E-state index contributed by atoms with van der Waals surface area (Å²) in [6, 6.07) is 3.71. The highest BCUT2D eigenvalue weighted by Gasteiger charge is 2.38. The summed E-state index contributed by atoms with van der Waals surface area (Å²) in [5.41, 5.74) is 12.8. The van der Waals surface area contributed by atoms with Crippen molar-refractivity contribution in [3.8, 4) is 0 Å². The van der Waals surface area contributed by atoms with Gasteiger partial charge in [-0.15, -0.1) is 0 Å². The van der Waals surface area contributed by atoms with E-state index in [0.29, 0.717) is 29.7 Å². The first kappa shape index (κ1) is 24.4. The minimum Gasteiger partial charge on any atom is -0.393 e. The topological polar surface area (TPSA) is 148 Å². The number of anilines is 3. The van der Waals surface area contributed by atoms with Crippen LogP contribution >= 0.6 is 11.8 Å². The third kappa shape index (κ3) is 5.77. The van der Waals surface area contributed by atoms with E-state index in [9.17, 15) is 19.0 Å². The maximum atomic E-state index is 12.6. The number of aliphatic hydroxyl groups excluding tert-OH is 2. The highest BCUT2D eigenvalue weighted by atomic mass is 32.2. The smallest absolute Gasteiger partial charge is 0.191 e. The number of aliphatic hydroxyl groups is 2. The van der Waals surface area contributed by atoms with Gasteiger partial charge in [0.2, 0.25) is 0 Å². The van der Waals surface area contributed by atoms with E-state index in [4.69, 9.17) is 17.3 Å². The number of nitrogens with zero attached hydrogens (tertiary/aromatic N) is 3. The quantitative estimate of drug-likeness (QED) is 0.187. The van der Waals surface area contributed by atoms with Crippen LogP contribution in [0.25, 0.3) is 0 Å². The zero-order chi connectivity index (χ0) is 23.4. The Hall–Kier alpha value is -2.21. The second-order valence-electron chi connectivity index (χ2n) is 8.03. The molecule has 8 nitrogen and oxygen atoms in total. The molecule has 4 rings (SSSR count). The Morgan fingerprint density at radius 1 is 1.09 bits per heavy atom. The van der Waals surface area contributed by atoms with Gasteiger partial charge in [-0.25, -0.2) is 24.6 Å². The van der Waals surface area contributed by atoms with Crippen molar-refractivity contribution in [1.82, 2.24) is 9.97 Å². The van der Waals surface area contributed by atoms with Crippen LogP contribution in [0.1, 0.15) is 50.5 Å². The Balaban J connectivity index is 0.000000219. The van der Waals surface area contributed by atoms with Crippen LogP contribution in [0, 0.1) is 11.6 Å². The summed E-state index contributed by atoms with van der Waals surface area (Å²) in [5, 5.41) is 21.4. The third-order valence-corrected chi connectivity index (χ3v) is 6.56. The molecule has 1 aromatic carbocycles. The Morgan fingerprint density at radius 3 is 2.38 bits per heavy atom. The zero-order valence-electron chi connectivity index (χ0n) is 17.9. The number of nitrogens with two attached hydrogens (primary N) is 3. The van der Waals surface area contributed by atoms with E-state index in [0.717, 1.165) is 30.6 Å². The van der Waals surface area contributed by atoms with E-state index < -0.39 is 29.9 Å². The average molecular weight is 469 g/mol. The van der Waals surface area contributed by atoms with Gasteiger partial charge >= 0.3 is 0 Å². The van der Waals surface area contributed by atoms with Crippen molar-refractivity contribution in [2.45, 2.75) is 68.4 Å². The maximum absolute atomic E-state index is 12.6. The minimum atomic E-state index is -0.933. The summed E-state index contributed by atoms with van der Waals surface area (Å²) < 4.78 is 25.0. The van der Waals surface area contributed by atoms with E-state index in [1.807, 2.05) is 0 Å². The van der Waals surface area contributed by atoms with Crippen LogP contribution < -0.4 is 22.3 Å². The average Bonchev–Trinajstić information content (AvgIpc) is 3.56. The minimum absolute atomic E-state index is 0.169. The van der Waals surface area contributed by atoms with Crippen LogP contribution in [0.3, 0.4) is 0 Å². The van der Waals surface area contributed by atoms with Crippen molar-refractivity contribution < 1.29 is 19.0 Å². The number of hydrogen-bond acceptors (Lipinski definition) is 9.